The second-order valence-electron chi connectivity index (χ2n) is 9.06. The van der Waals surface area contributed by atoms with Gasteiger partial charge in [-0.05, 0) is 81.2 Å². The summed E-state index contributed by atoms with van der Waals surface area (Å²) in [5, 5.41) is 3.94. The third-order valence-electron chi connectivity index (χ3n) is 7.04. The highest BCUT2D eigenvalue weighted by molar-refractivity contribution is 6.00. The van der Waals surface area contributed by atoms with Crippen molar-refractivity contribution in [2.24, 2.45) is 11.8 Å². The van der Waals surface area contributed by atoms with E-state index in [2.05, 4.69) is 22.2 Å². The van der Waals surface area contributed by atoms with Gasteiger partial charge in [-0.2, -0.15) is 0 Å². The Bertz CT molecular complexity index is 895. The van der Waals surface area contributed by atoms with E-state index in [1.54, 1.807) is 13.2 Å². The standard InChI is InChI=1S/C24H34N4O3/c1-27-11-6-17(7-12-27)18-8-13-28(14-9-18)24(30)22(16-31-2)26-23(29)20-4-3-19-5-10-25-21(19)15-20/h3-5,10,15,17-18,22,25H,6-9,11-14,16H2,1-2H3,(H,26,29)/t22-/m1/s1. The van der Waals surface area contributed by atoms with Crippen molar-refractivity contribution in [3.05, 3.63) is 36.0 Å². The summed E-state index contributed by atoms with van der Waals surface area (Å²) in [7, 11) is 3.75. The average Bonchev–Trinajstić information content (AvgIpc) is 3.27. The summed E-state index contributed by atoms with van der Waals surface area (Å²) < 4.78 is 5.26. The lowest BCUT2D eigenvalue weighted by molar-refractivity contribution is -0.136. The van der Waals surface area contributed by atoms with Crippen molar-refractivity contribution in [3.63, 3.8) is 0 Å². The van der Waals surface area contributed by atoms with Gasteiger partial charge in [0.1, 0.15) is 6.04 Å². The minimum atomic E-state index is -0.670. The van der Waals surface area contributed by atoms with Gasteiger partial charge >= 0.3 is 0 Å². The smallest absolute Gasteiger partial charge is 0.252 e. The summed E-state index contributed by atoms with van der Waals surface area (Å²) in [6.45, 7) is 4.06. The topological polar surface area (TPSA) is 77.7 Å². The molecule has 0 unspecified atom stereocenters. The van der Waals surface area contributed by atoms with E-state index < -0.39 is 6.04 Å². The van der Waals surface area contributed by atoms with Crippen LogP contribution in [0, 0.1) is 11.8 Å². The molecule has 1 atom stereocenters. The first-order chi connectivity index (χ1) is 15.0. The van der Waals surface area contributed by atoms with Gasteiger partial charge in [0.25, 0.3) is 5.91 Å². The number of nitrogens with zero attached hydrogens (tertiary/aromatic N) is 2. The highest BCUT2D eigenvalue weighted by Crippen LogP contribution is 2.32. The SMILES string of the molecule is COC[C@@H](NC(=O)c1ccc2cc[nH]c2c1)C(=O)N1CCC(C2CCN(C)CC2)CC1. The fourth-order valence-electron chi connectivity index (χ4n) is 5.08. The maximum atomic E-state index is 13.2. The van der Waals surface area contributed by atoms with Crippen molar-refractivity contribution in [2.45, 2.75) is 31.7 Å². The van der Waals surface area contributed by atoms with E-state index >= 15 is 0 Å². The van der Waals surface area contributed by atoms with Crippen LogP contribution in [0.25, 0.3) is 10.9 Å². The molecule has 4 rings (SSSR count). The quantitative estimate of drug-likeness (QED) is 0.744. The Balaban J connectivity index is 1.34. The van der Waals surface area contributed by atoms with E-state index in [0.717, 1.165) is 42.8 Å². The highest BCUT2D eigenvalue weighted by atomic mass is 16.5. The van der Waals surface area contributed by atoms with Crippen molar-refractivity contribution in [3.8, 4) is 0 Å². The van der Waals surface area contributed by atoms with Crippen LogP contribution >= 0.6 is 0 Å². The third-order valence-corrected chi connectivity index (χ3v) is 7.04. The molecule has 2 aliphatic rings. The van der Waals surface area contributed by atoms with E-state index in [-0.39, 0.29) is 18.4 Å². The molecular formula is C24H34N4O3. The van der Waals surface area contributed by atoms with Gasteiger partial charge in [-0.1, -0.05) is 6.07 Å². The number of hydrogen-bond acceptors (Lipinski definition) is 4. The van der Waals surface area contributed by atoms with Gasteiger partial charge in [-0.15, -0.1) is 0 Å². The molecule has 1 aromatic heterocycles. The number of amides is 2. The predicted octanol–water partition coefficient (Wildman–Crippen LogP) is 2.49. The molecule has 0 saturated carbocycles. The van der Waals surface area contributed by atoms with Gasteiger partial charge in [-0.3, -0.25) is 9.59 Å². The molecule has 1 aromatic carbocycles. The van der Waals surface area contributed by atoms with E-state index in [0.29, 0.717) is 11.5 Å². The first-order valence-corrected chi connectivity index (χ1v) is 11.4. The summed E-state index contributed by atoms with van der Waals surface area (Å²) in [5.41, 5.74) is 1.43. The Morgan fingerprint density at radius 3 is 2.45 bits per heavy atom. The molecule has 0 bridgehead atoms. The molecule has 2 aliphatic heterocycles. The Labute approximate surface area is 184 Å². The summed E-state index contributed by atoms with van der Waals surface area (Å²) >= 11 is 0. The van der Waals surface area contributed by atoms with Gasteiger partial charge in [0.05, 0.1) is 6.61 Å². The summed E-state index contributed by atoms with van der Waals surface area (Å²) in [6.07, 6.45) is 6.48. The zero-order valence-corrected chi connectivity index (χ0v) is 18.6. The van der Waals surface area contributed by atoms with Crippen LogP contribution in [0.3, 0.4) is 0 Å². The van der Waals surface area contributed by atoms with Crippen molar-refractivity contribution in [1.29, 1.82) is 0 Å². The summed E-state index contributed by atoms with van der Waals surface area (Å²) in [5.74, 6) is 1.19. The number of nitrogens with one attached hydrogen (secondary N) is 2. The van der Waals surface area contributed by atoms with Gasteiger partial charge in [0.2, 0.25) is 5.91 Å². The number of carbonyl (C=O) groups is 2. The lowest BCUT2D eigenvalue weighted by Crippen LogP contribution is -2.53. The van der Waals surface area contributed by atoms with Crippen LogP contribution in [0.5, 0.6) is 0 Å². The lowest BCUT2D eigenvalue weighted by atomic mass is 9.79. The van der Waals surface area contributed by atoms with Crippen LogP contribution in [-0.2, 0) is 9.53 Å². The Morgan fingerprint density at radius 1 is 1.10 bits per heavy atom. The number of likely N-dealkylation sites (tertiary alicyclic amines) is 2. The van der Waals surface area contributed by atoms with Crippen LogP contribution in [0.2, 0.25) is 0 Å². The molecule has 168 valence electrons. The van der Waals surface area contributed by atoms with Crippen LogP contribution in [0.15, 0.2) is 30.5 Å². The van der Waals surface area contributed by atoms with Crippen LogP contribution in [0.4, 0.5) is 0 Å². The second kappa shape index (κ2) is 9.83. The molecule has 7 nitrogen and oxygen atoms in total. The summed E-state index contributed by atoms with van der Waals surface area (Å²) in [4.78, 5) is 33.4. The molecule has 2 amide bonds. The maximum Gasteiger partial charge on any atom is 0.252 e. The van der Waals surface area contributed by atoms with Gasteiger partial charge in [-0.25, -0.2) is 0 Å². The largest absolute Gasteiger partial charge is 0.382 e. The Morgan fingerprint density at radius 2 is 1.77 bits per heavy atom. The molecule has 2 saturated heterocycles. The average molecular weight is 427 g/mol. The minimum absolute atomic E-state index is 0.0435. The number of fused-ring (bicyclic) bond motifs is 1. The van der Waals surface area contributed by atoms with E-state index in [1.165, 1.54) is 25.9 Å². The molecule has 0 aliphatic carbocycles. The number of carbonyl (C=O) groups excluding carboxylic acids is 2. The predicted molar refractivity (Wildman–Crippen MR) is 121 cm³/mol. The van der Waals surface area contributed by atoms with Crippen LogP contribution in [0.1, 0.15) is 36.0 Å². The molecular weight excluding hydrogens is 392 g/mol. The van der Waals surface area contributed by atoms with Crippen molar-refractivity contribution >= 4 is 22.7 Å². The minimum Gasteiger partial charge on any atom is -0.382 e. The van der Waals surface area contributed by atoms with E-state index in [4.69, 9.17) is 4.74 Å². The van der Waals surface area contributed by atoms with E-state index in [9.17, 15) is 9.59 Å². The summed E-state index contributed by atoms with van der Waals surface area (Å²) in [6, 6.07) is 6.79. The van der Waals surface area contributed by atoms with Crippen LogP contribution < -0.4 is 5.32 Å². The zero-order chi connectivity index (χ0) is 21.8. The molecule has 2 aromatic rings. The number of H-pyrrole nitrogens is 1. The second-order valence-corrected chi connectivity index (χ2v) is 9.06. The normalized spacial score (nSPS) is 20.1. The van der Waals surface area contributed by atoms with Crippen molar-refractivity contribution < 1.29 is 14.3 Å². The third kappa shape index (κ3) is 5.10. The molecule has 0 spiro atoms. The zero-order valence-electron chi connectivity index (χ0n) is 18.6. The van der Waals surface area contributed by atoms with Crippen LogP contribution in [-0.4, -0.2) is 79.6 Å². The monoisotopic (exact) mass is 426 g/mol. The number of methoxy groups -OCH3 is 1. The van der Waals surface area contributed by atoms with E-state index in [1.807, 2.05) is 29.3 Å². The first kappa shape index (κ1) is 21.8. The van der Waals surface area contributed by atoms with Crippen molar-refractivity contribution in [2.75, 3.05) is 46.9 Å². The molecule has 3 heterocycles. The van der Waals surface area contributed by atoms with Crippen molar-refractivity contribution in [1.82, 2.24) is 20.1 Å². The number of benzene rings is 1. The number of aromatic amines is 1. The number of ether oxygens (including phenoxy) is 1. The molecule has 31 heavy (non-hydrogen) atoms. The molecule has 2 N–H and O–H groups in total. The number of rotatable bonds is 6. The Kier molecular flexibility index (Phi) is 6.92. The lowest BCUT2D eigenvalue weighted by Gasteiger charge is -2.40. The maximum absolute atomic E-state index is 13.2. The molecule has 7 heteroatoms. The Hall–Kier alpha value is -2.38. The van der Waals surface area contributed by atoms with Gasteiger partial charge < -0.3 is 24.8 Å². The number of piperidine rings is 2. The number of aromatic nitrogens is 1. The van der Waals surface area contributed by atoms with Gasteiger partial charge in [0.15, 0.2) is 0 Å². The molecule has 0 radical (unpaired) electrons. The highest BCUT2D eigenvalue weighted by Gasteiger charge is 2.33. The fourth-order valence-corrected chi connectivity index (χ4v) is 5.08. The first-order valence-electron chi connectivity index (χ1n) is 11.4. The van der Waals surface area contributed by atoms with Gasteiger partial charge in [0, 0.05) is 37.5 Å². The fraction of sp³-hybridized carbons (Fsp3) is 0.583. The molecule has 2 fully saturated rings. The number of hydrogen-bond donors (Lipinski definition) is 2.